The molecule has 0 unspecified atom stereocenters. The second-order valence-electron chi connectivity index (χ2n) is 19.0. The molecule has 0 aliphatic carbocycles. The third kappa shape index (κ3) is 7.91. The molecule has 7 heteroatoms. The summed E-state index contributed by atoms with van der Waals surface area (Å²) in [7, 11) is 0. The monoisotopic (exact) mass is 973 g/mol. The van der Waals surface area contributed by atoms with E-state index in [4.69, 9.17) is 0 Å². The average Bonchev–Trinajstić information content (AvgIpc) is 4.11. The van der Waals surface area contributed by atoms with Gasteiger partial charge in [0.25, 0.3) is 0 Å². The summed E-state index contributed by atoms with van der Waals surface area (Å²) in [5.74, 6) is 0. The molecule has 14 rings (SSSR count). The van der Waals surface area contributed by atoms with Crippen LogP contribution in [0.3, 0.4) is 0 Å². The highest BCUT2D eigenvalue weighted by Gasteiger charge is 2.20. The van der Waals surface area contributed by atoms with Crippen molar-refractivity contribution in [1.82, 2.24) is 24.1 Å². The number of nitrogens with zero attached hydrogens (tertiary/aromatic N) is 7. The number of para-hydroxylation sites is 4. The largest absolute Gasteiger partial charge is 0.310 e. The van der Waals surface area contributed by atoms with E-state index in [0.717, 1.165) is 122 Å². The van der Waals surface area contributed by atoms with Gasteiger partial charge < -0.3 is 18.9 Å². The molecule has 76 heavy (non-hydrogen) atoms. The van der Waals surface area contributed by atoms with Crippen LogP contribution >= 0.6 is 0 Å². The molecule has 358 valence electrons. The van der Waals surface area contributed by atoms with E-state index in [1.54, 1.807) is 0 Å². The van der Waals surface area contributed by atoms with E-state index in [1.165, 1.54) is 0 Å². The zero-order valence-electron chi connectivity index (χ0n) is 41.3. The van der Waals surface area contributed by atoms with Crippen LogP contribution in [0.15, 0.2) is 286 Å². The maximum atomic E-state index is 4.61. The van der Waals surface area contributed by atoms with Crippen molar-refractivity contribution in [3.8, 4) is 44.8 Å². The van der Waals surface area contributed by atoms with Gasteiger partial charge in [0.15, 0.2) is 0 Å². The molecule has 5 heterocycles. The molecule has 5 aromatic heterocycles. The van der Waals surface area contributed by atoms with Crippen LogP contribution in [0.4, 0.5) is 34.1 Å². The fourth-order valence-electron chi connectivity index (χ4n) is 11.0. The fraction of sp³-hybridized carbons (Fsp3) is 0. The highest BCUT2D eigenvalue weighted by Crippen LogP contribution is 2.42. The van der Waals surface area contributed by atoms with Gasteiger partial charge in [-0.15, -0.1) is 0 Å². The van der Waals surface area contributed by atoms with Crippen molar-refractivity contribution in [2.45, 2.75) is 0 Å². The maximum Gasteiger partial charge on any atom is 0.0571 e. The minimum absolute atomic E-state index is 1.06. The van der Waals surface area contributed by atoms with E-state index >= 15 is 0 Å². The lowest BCUT2D eigenvalue weighted by atomic mass is 9.93. The average molecular weight is 974 g/mol. The lowest BCUT2D eigenvalue weighted by Gasteiger charge is -2.25. The molecule has 14 aromatic rings. The molecule has 0 N–H and O–H groups in total. The van der Waals surface area contributed by atoms with Crippen molar-refractivity contribution in [3.05, 3.63) is 286 Å². The SMILES string of the molecule is c1ccc(N(c2ccccc2)c2ccc3c(c2)c2cnccc2n3-c2ccc(-c3cc(-c4ccc(-n5c6ccncc6c6cc(N(c7ccccc7)c7ccccc7)ccc65)cc4)cc(-c4cccnc4)c3)cc2)cc1. The second kappa shape index (κ2) is 18.9. The van der Waals surface area contributed by atoms with Gasteiger partial charge in [-0.25, -0.2) is 0 Å². The van der Waals surface area contributed by atoms with Crippen LogP contribution in [-0.2, 0) is 0 Å². The van der Waals surface area contributed by atoms with E-state index in [2.05, 4.69) is 277 Å². The first-order valence-corrected chi connectivity index (χ1v) is 25.5. The molecule has 0 aliphatic rings. The Kier molecular flexibility index (Phi) is 11.0. The van der Waals surface area contributed by atoms with Gasteiger partial charge in [-0.3, -0.25) is 15.0 Å². The lowest BCUT2D eigenvalue weighted by Crippen LogP contribution is -2.09. The molecule has 0 spiro atoms. The highest BCUT2D eigenvalue weighted by molar-refractivity contribution is 6.11. The van der Waals surface area contributed by atoms with Crippen LogP contribution < -0.4 is 9.80 Å². The molecule has 0 amide bonds. The molecule has 7 nitrogen and oxygen atoms in total. The molecule has 0 saturated carbocycles. The molecule has 0 atom stereocenters. The molecule has 0 bridgehead atoms. The number of pyridine rings is 3. The predicted octanol–water partition coefficient (Wildman–Crippen LogP) is 18.0. The predicted molar refractivity (Wildman–Crippen MR) is 314 cm³/mol. The normalized spacial score (nSPS) is 11.4. The zero-order chi connectivity index (χ0) is 50.4. The first kappa shape index (κ1) is 44.3. The first-order chi connectivity index (χ1) is 37.7. The number of hydrogen-bond donors (Lipinski definition) is 0. The van der Waals surface area contributed by atoms with Crippen LogP contribution in [0.1, 0.15) is 0 Å². The van der Waals surface area contributed by atoms with Crippen molar-refractivity contribution >= 4 is 77.7 Å². The number of benzene rings is 9. The maximum absolute atomic E-state index is 4.61. The Hall–Kier alpha value is -10.4. The fourth-order valence-corrected chi connectivity index (χ4v) is 11.0. The van der Waals surface area contributed by atoms with Gasteiger partial charge in [0, 0.05) is 110 Å². The van der Waals surface area contributed by atoms with Crippen molar-refractivity contribution in [2.24, 2.45) is 0 Å². The molecule has 0 radical (unpaired) electrons. The summed E-state index contributed by atoms with van der Waals surface area (Å²) in [6.45, 7) is 0. The molecular weight excluding hydrogens is 927 g/mol. The van der Waals surface area contributed by atoms with Crippen LogP contribution in [0.2, 0.25) is 0 Å². The molecule has 0 fully saturated rings. The standard InChI is InChI=1S/C69H47N7/c1-5-15-54(16-6-1)73(55-17-7-2-8-18-55)60-31-33-66-62(43-60)64-46-71-38-35-68(64)75(66)58-27-23-48(24-28-58)51-40-52(42-53(41-51)50-14-13-37-70-45-50)49-25-29-59(30-26-49)76-67-34-32-61(44-63(67)65-47-72-39-36-69(65)76)74(56-19-9-3-10-20-56)57-21-11-4-12-22-57/h1-47H. The van der Waals surface area contributed by atoms with Crippen molar-refractivity contribution in [1.29, 1.82) is 0 Å². The third-order valence-electron chi connectivity index (χ3n) is 14.5. The summed E-state index contributed by atoms with van der Waals surface area (Å²) in [6.07, 6.45) is 11.5. The Morgan fingerprint density at radius 3 is 0.987 bits per heavy atom. The Labute approximate surface area is 440 Å². The van der Waals surface area contributed by atoms with Gasteiger partial charge in [-0.1, -0.05) is 103 Å². The zero-order valence-corrected chi connectivity index (χ0v) is 41.3. The Morgan fingerprint density at radius 1 is 0.237 bits per heavy atom. The van der Waals surface area contributed by atoms with Gasteiger partial charge in [0.1, 0.15) is 0 Å². The summed E-state index contributed by atoms with van der Waals surface area (Å²) in [5, 5.41) is 4.48. The van der Waals surface area contributed by atoms with Crippen LogP contribution in [0.5, 0.6) is 0 Å². The number of fused-ring (bicyclic) bond motifs is 6. The topological polar surface area (TPSA) is 55.0 Å². The second-order valence-corrected chi connectivity index (χ2v) is 19.0. The van der Waals surface area contributed by atoms with Crippen molar-refractivity contribution in [2.75, 3.05) is 9.80 Å². The van der Waals surface area contributed by atoms with Crippen molar-refractivity contribution in [3.63, 3.8) is 0 Å². The van der Waals surface area contributed by atoms with Crippen LogP contribution in [0.25, 0.3) is 88.4 Å². The summed E-state index contributed by atoms with van der Waals surface area (Å²) in [4.78, 5) is 18.4. The van der Waals surface area contributed by atoms with E-state index in [-0.39, 0.29) is 0 Å². The summed E-state index contributed by atoms with van der Waals surface area (Å²) < 4.78 is 4.70. The third-order valence-corrected chi connectivity index (χ3v) is 14.5. The summed E-state index contributed by atoms with van der Waals surface area (Å²) in [5.41, 5.74) is 19.8. The van der Waals surface area contributed by atoms with E-state index in [9.17, 15) is 0 Å². The quantitative estimate of drug-likeness (QED) is 0.129. The van der Waals surface area contributed by atoms with Gasteiger partial charge in [-0.05, 0) is 173 Å². The number of hydrogen-bond acceptors (Lipinski definition) is 5. The van der Waals surface area contributed by atoms with Crippen LogP contribution in [-0.4, -0.2) is 24.1 Å². The highest BCUT2D eigenvalue weighted by atomic mass is 15.1. The minimum Gasteiger partial charge on any atom is -0.310 e. The Morgan fingerprint density at radius 2 is 0.605 bits per heavy atom. The van der Waals surface area contributed by atoms with Gasteiger partial charge >= 0.3 is 0 Å². The molecule has 0 saturated heterocycles. The van der Waals surface area contributed by atoms with Gasteiger partial charge in [0.2, 0.25) is 0 Å². The van der Waals surface area contributed by atoms with Gasteiger partial charge in [0.05, 0.1) is 22.1 Å². The smallest absolute Gasteiger partial charge is 0.0571 e. The Bertz CT molecular complexity index is 4030. The first-order valence-electron chi connectivity index (χ1n) is 25.5. The molecule has 9 aromatic carbocycles. The number of aromatic nitrogens is 5. The molecular formula is C69H47N7. The van der Waals surface area contributed by atoms with Crippen molar-refractivity contribution < 1.29 is 0 Å². The molecule has 0 aliphatic heterocycles. The Balaban J connectivity index is 0.826. The number of rotatable bonds is 11. The summed E-state index contributed by atoms with van der Waals surface area (Å²) >= 11 is 0. The minimum atomic E-state index is 1.06. The van der Waals surface area contributed by atoms with Gasteiger partial charge in [-0.2, -0.15) is 0 Å². The number of anilines is 6. The van der Waals surface area contributed by atoms with Crippen LogP contribution in [0, 0.1) is 0 Å². The van der Waals surface area contributed by atoms with E-state index in [0.29, 0.717) is 0 Å². The van der Waals surface area contributed by atoms with E-state index in [1.807, 2.05) is 43.2 Å². The lowest BCUT2D eigenvalue weighted by molar-refractivity contribution is 1.17. The van der Waals surface area contributed by atoms with E-state index < -0.39 is 0 Å². The summed E-state index contributed by atoms with van der Waals surface area (Å²) in [6, 6.07) is 88.8.